The molecule has 1 aliphatic carbocycles. The van der Waals surface area contributed by atoms with Gasteiger partial charge in [0.25, 0.3) is 0 Å². The summed E-state index contributed by atoms with van der Waals surface area (Å²) in [5, 5.41) is 10.4. The second kappa shape index (κ2) is 9.26. The van der Waals surface area contributed by atoms with E-state index in [1.165, 1.54) is 5.56 Å². The highest BCUT2D eigenvalue weighted by Gasteiger charge is 2.50. The van der Waals surface area contributed by atoms with Gasteiger partial charge in [-0.1, -0.05) is 60.7 Å². The van der Waals surface area contributed by atoms with Crippen LogP contribution in [0, 0.1) is 11.8 Å². The highest BCUT2D eigenvalue weighted by atomic mass is 16.6. The van der Waals surface area contributed by atoms with Gasteiger partial charge in [-0.15, -0.1) is 0 Å². The number of fused-ring (bicyclic) bond motifs is 1. The minimum absolute atomic E-state index is 0.0244. The number of esters is 2. The lowest BCUT2D eigenvalue weighted by atomic mass is 9.91. The van der Waals surface area contributed by atoms with Crippen molar-refractivity contribution < 1.29 is 24.2 Å². The predicted molar refractivity (Wildman–Crippen MR) is 112 cm³/mol. The van der Waals surface area contributed by atoms with Crippen molar-refractivity contribution in [2.75, 3.05) is 0 Å². The van der Waals surface area contributed by atoms with Crippen LogP contribution in [0.15, 0.2) is 72.8 Å². The van der Waals surface area contributed by atoms with Gasteiger partial charge >= 0.3 is 11.9 Å². The Bertz CT molecular complexity index is 892. The second-order valence-electron chi connectivity index (χ2n) is 8.00. The molecule has 5 nitrogen and oxygen atoms in total. The van der Waals surface area contributed by atoms with Crippen molar-refractivity contribution in [2.24, 2.45) is 11.8 Å². The normalized spacial score (nSPS) is 26.4. The largest absolute Gasteiger partial charge is 0.462 e. The summed E-state index contributed by atoms with van der Waals surface area (Å²) in [5.74, 6) is -0.764. The number of aliphatic hydroxyl groups excluding tert-OH is 1. The maximum absolute atomic E-state index is 12.5. The molecule has 1 N–H and O–H groups in total. The zero-order chi connectivity index (χ0) is 20.9. The Labute approximate surface area is 176 Å². The first-order valence-electron chi connectivity index (χ1n) is 10.5. The smallest absolute Gasteiger partial charge is 0.338 e. The Balaban J connectivity index is 1.41. The number of aliphatic hydroxyl groups is 1. The topological polar surface area (TPSA) is 72.8 Å². The Morgan fingerprint density at radius 3 is 2.57 bits per heavy atom. The number of carbonyl (C=O) groups excluding carboxylic acids is 2. The van der Waals surface area contributed by atoms with Crippen LogP contribution in [0.5, 0.6) is 0 Å². The highest BCUT2D eigenvalue weighted by molar-refractivity contribution is 5.89. The van der Waals surface area contributed by atoms with Gasteiger partial charge in [0.05, 0.1) is 18.1 Å². The fraction of sp³-hybridized carbons (Fsp3) is 0.360. The summed E-state index contributed by atoms with van der Waals surface area (Å²) in [5.41, 5.74) is 1.67. The molecule has 5 heteroatoms. The maximum atomic E-state index is 12.5. The van der Waals surface area contributed by atoms with E-state index in [4.69, 9.17) is 9.47 Å². The first-order chi connectivity index (χ1) is 14.6. The Morgan fingerprint density at radius 1 is 1.13 bits per heavy atom. The molecule has 0 bridgehead atoms. The van der Waals surface area contributed by atoms with Crippen LogP contribution in [0.1, 0.15) is 35.2 Å². The third kappa shape index (κ3) is 4.79. The Kier molecular flexibility index (Phi) is 6.29. The number of hydrogen-bond donors (Lipinski definition) is 1. The van der Waals surface area contributed by atoms with E-state index in [0.29, 0.717) is 24.8 Å². The first kappa shape index (κ1) is 20.4. The maximum Gasteiger partial charge on any atom is 0.338 e. The first-order valence-corrected chi connectivity index (χ1v) is 10.5. The van der Waals surface area contributed by atoms with Crippen molar-refractivity contribution >= 4 is 11.9 Å². The van der Waals surface area contributed by atoms with Gasteiger partial charge in [-0.2, -0.15) is 0 Å². The molecule has 0 amide bonds. The highest BCUT2D eigenvalue weighted by Crippen LogP contribution is 2.43. The lowest BCUT2D eigenvalue weighted by Gasteiger charge is -2.20. The van der Waals surface area contributed by atoms with Gasteiger partial charge in [-0.25, -0.2) is 4.79 Å². The van der Waals surface area contributed by atoms with Crippen molar-refractivity contribution in [2.45, 2.75) is 44.0 Å². The number of carbonyl (C=O) groups is 2. The van der Waals surface area contributed by atoms with Crippen molar-refractivity contribution in [3.63, 3.8) is 0 Å². The third-order valence-corrected chi connectivity index (χ3v) is 5.95. The molecule has 2 aliphatic rings. The zero-order valence-electron chi connectivity index (χ0n) is 16.7. The van der Waals surface area contributed by atoms with Gasteiger partial charge in [0.2, 0.25) is 0 Å². The molecule has 30 heavy (non-hydrogen) atoms. The molecule has 2 fully saturated rings. The molecule has 5 atom stereocenters. The Hall–Kier alpha value is -2.92. The van der Waals surface area contributed by atoms with E-state index in [1.54, 1.807) is 30.3 Å². The van der Waals surface area contributed by atoms with Crippen LogP contribution in [-0.2, 0) is 20.7 Å². The van der Waals surface area contributed by atoms with Crippen LogP contribution in [0.3, 0.4) is 0 Å². The van der Waals surface area contributed by atoms with E-state index in [-0.39, 0.29) is 36.0 Å². The fourth-order valence-electron chi connectivity index (χ4n) is 4.38. The quantitative estimate of drug-likeness (QED) is 0.561. The Morgan fingerprint density at radius 2 is 1.83 bits per heavy atom. The average Bonchev–Trinajstić information content (AvgIpc) is 3.27. The van der Waals surface area contributed by atoms with E-state index < -0.39 is 6.10 Å². The fourth-order valence-corrected chi connectivity index (χ4v) is 4.38. The lowest BCUT2D eigenvalue weighted by molar-refractivity contribution is -0.141. The molecule has 156 valence electrons. The van der Waals surface area contributed by atoms with Crippen LogP contribution in [0.2, 0.25) is 0 Å². The average molecular weight is 406 g/mol. The minimum Gasteiger partial charge on any atom is -0.462 e. The predicted octanol–water partition coefficient (Wildman–Crippen LogP) is 3.71. The summed E-state index contributed by atoms with van der Waals surface area (Å²) in [4.78, 5) is 24.3. The van der Waals surface area contributed by atoms with Gasteiger partial charge in [-0.3, -0.25) is 4.79 Å². The molecule has 1 aliphatic heterocycles. The SMILES string of the molecule is O=C1CC2C(C[C@@H](OC(=O)c3ccccc3)C2/C=C/C(O)CCc2ccccc2)O1. The number of rotatable bonds is 7. The van der Waals surface area contributed by atoms with E-state index >= 15 is 0 Å². The molecule has 0 aromatic heterocycles. The number of hydrogen-bond acceptors (Lipinski definition) is 5. The van der Waals surface area contributed by atoms with E-state index in [2.05, 4.69) is 0 Å². The molecule has 2 aromatic rings. The zero-order valence-corrected chi connectivity index (χ0v) is 16.7. The summed E-state index contributed by atoms with van der Waals surface area (Å²) >= 11 is 0. The number of aryl methyl sites for hydroxylation is 1. The standard InChI is InChI=1S/C25H26O5/c26-19(12-11-17-7-3-1-4-8-17)13-14-20-21-15-24(27)29-23(21)16-22(20)30-25(28)18-9-5-2-6-10-18/h1-10,13-14,19-23,26H,11-12,15-16H2/b14-13+/t19?,20?,21?,22-,23?/m1/s1. The van der Waals surface area contributed by atoms with Gasteiger partial charge in [0.1, 0.15) is 12.2 Å². The van der Waals surface area contributed by atoms with Crippen molar-refractivity contribution in [3.8, 4) is 0 Å². The molecular weight excluding hydrogens is 380 g/mol. The van der Waals surface area contributed by atoms with Gasteiger partial charge in [0, 0.05) is 18.3 Å². The summed E-state index contributed by atoms with van der Waals surface area (Å²) in [6.07, 6.45) is 4.65. The van der Waals surface area contributed by atoms with Crippen molar-refractivity contribution in [1.82, 2.24) is 0 Å². The molecule has 4 rings (SSSR count). The molecular formula is C25H26O5. The van der Waals surface area contributed by atoms with Gasteiger partial charge in [0.15, 0.2) is 0 Å². The molecule has 1 saturated carbocycles. The monoisotopic (exact) mass is 406 g/mol. The summed E-state index contributed by atoms with van der Waals surface area (Å²) in [7, 11) is 0. The molecule has 1 saturated heterocycles. The van der Waals surface area contributed by atoms with E-state index in [9.17, 15) is 14.7 Å². The molecule has 2 aromatic carbocycles. The van der Waals surface area contributed by atoms with Gasteiger partial charge < -0.3 is 14.6 Å². The number of benzene rings is 2. The van der Waals surface area contributed by atoms with Crippen LogP contribution in [0.4, 0.5) is 0 Å². The molecule has 0 radical (unpaired) electrons. The van der Waals surface area contributed by atoms with E-state index in [0.717, 1.165) is 6.42 Å². The lowest BCUT2D eigenvalue weighted by Crippen LogP contribution is -2.25. The van der Waals surface area contributed by atoms with E-state index in [1.807, 2.05) is 42.5 Å². The second-order valence-corrected chi connectivity index (χ2v) is 8.00. The summed E-state index contributed by atoms with van der Waals surface area (Å²) in [6.45, 7) is 0. The molecule has 1 heterocycles. The van der Waals surface area contributed by atoms with Crippen LogP contribution in [0.25, 0.3) is 0 Å². The van der Waals surface area contributed by atoms with Gasteiger partial charge in [-0.05, 0) is 30.5 Å². The van der Waals surface area contributed by atoms with Crippen LogP contribution >= 0.6 is 0 Å². The van der Waals surface area contributed by atoms with Crippen LogP contribution in [-0.4, -0.2) is 35.4 Å². The summed E-state index contributed by atoms with van der Waals surface area (Å²) in [6, 6.07) is 18.9. The molecule has 4 unspecified atom stereocenters. The van der Waals surface area contributed by atoms with Crippen molar-refractivity contribution in [3.05, 3.63) is 83.9 Å². The number of ether oxygens (including phenoxy) is 2. The minimum atomic E-state index is -0.604. The third-order valence-electron chi connectivity index (χ3n) is 5.95. The van der Waals surface area contributed by atoms with Crippen molar-refractivity contribution in [1.29, 1.82) is 0 Å². The summed E-state index contributed by atoms with van der Waals surface area (Å²) < 4.78 is 11.2. The van der Waals surface area contributed by atoms with Crippen LogP contribution < -0.4 is 0 Å². The molecule has 0 spiro atoms.